The molecule has 5 rings (SSSR count). The average molecular weight is 379 g/mol. The van der Waals surface area contributed by atoms with Crippen LogP contribution in [0.1, 0.15) is 37.7 Å². The molecule has 0 bridgehead atoms. The van der Waals surface area contributed by atoms with E-state index in [0.29, 0.717) is 6.17 Å². The Morgan fingerprint density at radius 1 is 0.889 bits per heavy atom. The molecule has 0 amide bonds. The Morgan fingerprint density at radius 2 is 1.74 bits per heavy atom. The van der Waals surface area contributed by atoms with Crippen LogP contribution in [0, 0.1) is 0 Å². The molecule has 0 radical (unpaired) electrons. The lowest BCUT2D eigenvalue weighted by Gasteiger charge is -2.43. The molecule has 1 atom stereocenters. The van der Waals surface area contributed by atoms with Crippen LogP contribution >= 0.6 is 11.3 Å². The van der Waals surface area contributed by atoms with Crippen molar-refractivity contribution in [1.29, 1.82) is 0 Å². The first-order chi connectivity index (χ1) is 13.3. The highest BCUT2D eigenvalue weighted by atomic mass is 32.1. The second-order valence-corrected chi connectivity index (χ2v) is 9.03. The summed E-state index contributed by atoms with van der Waals surface area (Å²) in [6, 6.07) is 14.5. The predicted octanol–water partition coefficient (Wildman–Crippen LogP) is 4.82. The minimum atomic E-state index is 0.177. The molecule has 0 N–H and O–H groups in total. The maximum absolute atomic E-state index is 13.0. The quantitative estimate of drug-likeness (QED) is 0.597. The van der Waals surface area contributed by atoms with Gasteiger partial charge in [-0.2, -0.15) is 0 Å². The van der Waals surface area contributed by atoms with Crippen LogP contribution in [0.4, 0.5) is 0 Å². The fourth-order valence-corrected chi connectivity index (χ4v) is 5.87. The molecule has 0 aliphatic carbocycles. The van der Waals surface area contributed by atoms with E-state index in [9.17, 15) is 4.79 Å². The highest BCUT2D eigenvalue weighted by Gasteiger charge is 2.29. The molecule has 2 fully saturated rings. The van der Waals surface area contributed by atoms with Crippen LogP contribution in [0.2, 0.25) is 0 Å². The van der Waals surface area contributed by atoms with E-state index >= 15 is 0 Å². The summed E-state index contributed by atoms with van der Waals surface area (Å²) in [5.74, 6) is 0. The Kier molecular flexibility index (Phi) is 4.72. The molecule has 3 nitrogen and oxygen atoms in total. The number of fused-ring (bicyclic) bond motifs is 3. The van der Waals surface area contributed by atoms with Gasteiger partial charge in [0.25, 0.3) is 0 Å². The second kappa shape index (κ2) is 7.34. The number of hydrogen-bond donors (Lipinski definition) is 0. The zero-order chi connectivity index (χ0) is 18.2. The van der Waals surface area contributed by atoms with Crippen molar-refractivity contribution < 1.29 is 0 Å². The normalized spacial score (nSPS) is 22.0. The highest BCUT2D eigenvalue weighted by molar-refractivity contribution is 7.24. The van der Waals surface area contributed by atoms with Crippen LogP contribution in [-0.4, -0.2) is 35.6 Å². The van der Waals surface area contributed by atoms with Gasteiger partial charge in [0.05, 0.1) is 6.17 Å². The van der Waals surface area contributed by atoms with Gasteiger partial charge < -0.3 is 0 Å². The molecule has 2 aromatic carbocycles. The fourth-order valence-electron chi connectivity index (χ4n) is 4.82. The summed E-state index contributed by atoms with van der Waals surface area (Å²) in [5.41, 5.74) is 1.45. The molecule has 3 aromatic rings. The van der Waals surface area contributed by atoms with Gasteiger partial charge in [0.2, 0.25) is 0 Å². The van der Waals surface area contributed by atoms with Crippen LogP contribution in [-0.2, 0) is 6.54 Å². The monoisotopic (exact) mass is 378 g/mol. The van der Waals surface area contributed by atoms with E-state index in [-0.39, 0.29) is 5.43 Å². The van der Waals surface area contributed by atoms with Crippen LogP contribution in [0.25, 0.3) is 20.2 Å². The summed E-state index contributed by atoms with van der Waals surface area (Å²) in [6.45, 7) is 4.62. The van der Waals surface area contributed by atoms with Crippen molar-refractivity contribution in [2.45, 2.75) is 44.8 Å². The third-order valence-electron chi connectivity index (χ3n) is 6.17. The molecule has 0 spiro atoms. The van der Waals surface area contributed by atoms with E-state index in [1.165, 1.54) is 57.3 Å². The van der Waals surface area contributed by atoms with Crippen molar-refractivity contribution in [1.82, 2.24) is 9.80 Å². The van der Waals surface area contributed by atoms with Crippen molar-refractivity contribution in [2.24, 2.45) is 0 Å². The van der Waals surface area contributed by atoms with Crippen LogP contribution in [0.15, 0.2) is 47.3 Å². The Bertz CT molecular complexity index is 1030. The van der Waals surface area contributed by atoms with Gasteiger partial charge in [0.15, 0.2) is 5.43 Å². The predicted molar refractivity (Wildman–Crippen MR) is 114 cm³/mol. The maximum atomic E-state index is 13.0. The standard InChI is InChI=1S/C23H26N2OS/c26-23-18-7-3-4-8-20(18)27-21-11-10-17(15-19(21)23)16-25-14-6-13-24-12-5-1-2-9-22(24)25/h3-4,7-8,10-11,15,22H,1-2,5-6,9,12-14,16H2. The van der Waals surface area contributed by atoms with Gasteiger partial charge in [-0.15, -0.1) is 11.3 Å². The van der Waals surface area contributed by atoms with E-state index in [1.54, 1.807) is 11.3 Å². The molecule has 2 saturated heterocycles. The SMILES string of the molecule is O=c1c2ccccc2sc2ccc(CN3CCCN4CCCCCC43)cc12. The van der Waals surface area contributed by atoms with Crippen molar-refractivity contribution in [3.8, 4) is 0 Å². The van der Waals surface area contributed by atoms with Crippen LogP contribution in [0.5, 0.6) is 0 Å². The lowest BCUT2D eigenvalue weighted by Crippen LogP contribution is -2.52. The molecule has 3 heterocycles. The van der Waals surface area contributed by atoms with Gasteiger partial charge in [0.1, 0.15) is 0 Å². The first-order valence-electron chi connectivity index (χ1n) is 10.2. The average Bonchev–Trinajstić information content (AvgIpc) is 2.95. The summed E-state index contributed by atoms with van der Waals surface area (Å²) in [6.07, 6.45) is 7.17. The van der Waals surface area contributed by atoms with E-state index in [0.717, 1.165) is 26.7 Å². The zero-order valence-corrected chi connectivity index (χ0v) is 16.5. The van der Waals surface area contributed by atoms with Crippen molar-refractivity contribution >= 4 is 31.5 Å². The van der Waals surface area contributed by atoms with Crippen molar-refractivity contribution in [2.75, 3.05) is 19.6 Å². The van der Waals surface area contributed by atoms with Gasteiger partial charge in [-0.3, -0.25) is 14.6 Å². The van der Waals surface area contributed by atoms with E-state index in [2.05, 4.69) is 28.0 Å². The maximum Gasteiger partial charge on any atom is 0.195 e. The first kappa shape index (κ1) is 17.4. The number of benzene rings is 2. The summed E-state index contributed by atoms with van der Waals surface area (Å²) >= 11 is 1.72. The Labute approximate surface area is 164 Å². The molecule has 2 aliphatic heterocycles. The van der Waals surface area contributed by atoms with Gasteiger partial charge in [0, 0.05) is 39.8 Å². The highest BCUT2D eigenvalue weighted by Crippen LogP contribution is 2.28. The molecule has 140 valence electrons. The molecule has 2 aliphatic rings. The topological polar surface area (TPSA) is 23.6 Å². The number of nitrogens with zero attached hydrogens (tertiary/aromatic N) is 2. The fraction of sp³-hybridized carbons (Fsp3) is 0.435. The van der Waals surface area contributed by atoms with E-state index < -0.39 is 0 Å². The number of rotatable bonds is 2. The first-order valence-corrected chi connectivity index (χ1v) is 11.0. The smallest absolute Gasteiger partial charge is 0.195 e. The zero-order valence-electron chi connectivity index (χ0n) is 15.7. The van der Waals surface area contributed by atoms with Gasteiger partial charge in [-0.05, 0) is 55.6 Å². The lowest BCUT2D eigenvalue weighted by molar-refractivity contribution is -0.000324. The molecule has 4 heteroatoms. The molecule has 0 saturated carbocycles. The minimum Gasteiger partial charge on any atom is -0.289 e. The molecule has 1 aromatic heterocycles. The molecule has 27 heavy (non-hydrogen) atoms. The Morgan fingerprint density at radius 3 is 2.70 bits per heavy atom. The summed E-state index contributed by atoms with van der Waals surface area (Å²) < 4.78 is 2.17. The number of hydrogen-bond acceptors (Lipinski definition) is 4. The summed E-state index contributed by atoms with van der Waals surface area (Å²) in [7, 11) is 0. The third-order valence-corrected chi connectivity index (χ3v) is 7.32. The van der Waals surface area contributed by atoms with E-state index in [1.807, 2.05) is 24.3 Å². The van der Waals surface area contributed by atoms with Gasteiger partial charge in [-0.1, -0.05) is 31.0 Å². The summed E-state index contributed by atoms with van der Waals surface area (Å²) in [5, 5.41) is 1.73. The minimum absolute atomic E-state index is 0.177. The largest absolute Gasteiger partial charge is 0.289 e. The summed E-state index contributed by atoms with van der Waals surface area (Å²) in [4.78, 5) is 18.3. The third kappa shape index (κ3) is 3.31. The van der Waals surface area contributed by atoms with Crippen molar-refractivity contribution in [3.05, 3.63) is 58.3 Å². The van der Waals surface area contributed by atoms with Gasteiger partial charge in [-0.25, -0.2) is 0 Å². The van der Waals surface area contributed by atoms with Crippen molar-refractivity contribution in [3.63, 3.8) is 0 Å². The molecular formula is C23H26N2OS. The second-order valence-electron chi connectivity index (χ2n) is 7.95. The van der Waals surface area contributed by atoms with Gasteiger partial charge >= 0.3 is 0 Å². The molecule has 1 unspecified atom stereocenters. The Balaban J connectivity index is 1.49. The molecular weight excluding hydrogens is 352 g/mol. The lowest BCUT2D eigenvalue weighted by atomic mass is 10.1. The van der Waals surface area contributed by atoms with Crippen LogP contribution in [0.3, 0.4) is 0 Å². The van der Waals surface area contributed by atoms with Crippen LogP contribution < -0.4 is 5.43 Å². The Hall–Kier alpha value is -1.75. The van der Waals surface area contributed by atoms with E-state index in [4.69, 9.17) is 0 Å².